The van der Waals surface area contributed by atoms with E-state index in [0.29, 0.717) is 12.5 Å². The molecule has 0 radical (unpaired) electrons. The van der Waals surface area contributed by atoms with E-state index in [1.807, 2.05) is 7.05 Å². The molecule has 0 aromatic heterocycles. The molecular formula is C13H24F2N2. The smallest absolute Gasteiger partial charge is 0.248 e. The van der Waals surface area contributed by atoms with Crippen LogP contribution >= 0.6 is 0 Å². The van der Waals surface area contributed by atoms with E-state index in [1.54, 1.807) is 0 Å². The first-order valence-corrected chi connectivity index (χ1v) is 6.87. The lowest BCUT2D eigenvalue weighted by atomic mass is 9.86. The molecule has 0 amide bonds. The Hall–Kier alpha value is -0.220. The molecule has 100 valence electrons. The maximum atomic E-state index is 13.3. The summed E-state index contributed by atoms with van der Waals surface area (Å²) in [6.07, 6.45) is 4.32. The number of nitrogens with zero attached hydrogens (tertiary/aromatic N) is 1. The van der Waals surface area contributed by atoms with E-state index < -0.39 is 5.92 Å². The molecule has 0 aromatic carbocycles. The van der Waals surface area contributed by atoms with Crippen molar-refractivity contribution in [2.24, 2.45) is 5.92 Å². The molecule has 2 nitrogen and oxygen atoms in total. The third-order valence-corrected chi connectivity index (χ3v) is 4.17. The lowest BCUT2D eigenvalue weighted by Crippen LogP contribution is -2.41. The van der Waals surface area contributed by atoms with Crippen molar-refractivity contribution in [1.82, 2.24) is 10.2 Å². The molecule has 4 heteroatoms. The average Bonchev–Trinajstić information content (AvgIpc) is 2.65. The van der Waals surface area contributed by atoms with Gasteiger partial charge < -0.3 is 5.32 Å². The summed E-state index contributed by atoms with van der Waals surface area (Å²) in [6, 6.07) is 0.565. The van der Waals surface area contributed by atoms with E-state index in [9.17, 15) is 8.78 Å². The molecule has 2 aliphatic rings. The van der Waals surface area contributed by atoms with Crippen LogP contribution in [0.3, 0.4) is 0 Å². The van der Waals surface area contributed by atoms with Gasteiger partial charge in [-0.1, -0.05) is 0 Å². The van der Waals surface area contributed by atoms with Crippen molar-refractivity contribution >= 4 is 0 Å². The van der Waals surface area contributed by atoms with Crippen LogP contribution in [0.2, 0.25) is 0 Å². The third kappa shape index (κ3) is 3.62. The largest absolute Gasteiger partial charge is 0.318 e. The minimum Gasteiger partial charge on any atom is -0.318 e. The lowest BCUT2D eigenvalue weighted by Gasteiger charge is -2.34. The van der Waals surface area contributed by atoms with Crippen LogP contribution in [0.25, 0.3) is 0 Å². The first-order valence-electron chi connectivity index (χ1n) is 6.87. The van der Waals surface area contributed by atoms with Crippen LogP contribution in [0.1, 0.15) is 38.5 Å². The fraction of sp³-hybridized carbons (Fsp3) is 1.00. The first kappa shape index (κ1) is 13.2. The van der Waals surface area contributed by atoms with Crippen molar-refractivity contribution in [3.05, 3.63) is 0 Å². The predicted octanol–water partition coefficient (Wildman–Crippen LogP) is 2.50. The molecule has 0 aromatic rings. The summed E-state index contributed by atoms with van der Waals surface area (Å²) in [4.78, 5) is 2.42. The Bertz CT molecular complexity index is 246. The fourth-order valence-corrected chi connectivity index (χ4v) is 3.37. The van der Waals surface area contributed by atoms with Crippen molar-refractivity contribution in [3.8, 4) is 0 Å². The van der Waals surface area contributed by atoms with Gasteiger partial charge in [0.1, 0.15) is 0 Å². The standard InChI is InChI=1S/C13H24F2N2/c1-16-9-12-5-3-7-17(12)10-11-4-2-6-13(14,15)8-11/h11-12,16H,2-10H2,1H3. The summed E-state index contributed by atoms with van der Waals surface area (Å²) in [7, 11) is 1.96. The highest BCUT2D eigenvalue weighted by Crippen LogP contribution is 2.37. The number of hydrogen-bond donors (Lipinski definition) is 1. The molecule has 2 fully saturated rings. The maximum Gasteiger partial charge on any atom is 0.248 e. The number of likely N-dealkylation sites (tertiary alicyclic amines) is 1. The lowest BCUT2D eigenvalue weighted by molar-refractivity contribution is -0.0573. The normalized spacial score (nSPS) is 34.1. The number of hydrogen-bond acceptors (Lipinski definition) is 2. The molecule has 2 rings (SSSR count). The van der Waals surface area contributed by atoms with Gasteiger partial charge in [0.15, 0.2) is 0 Å². The number of likely N-dealkylation sites (N-methyl/N-ethyl adjacent to an activating group) is 1. The van der Waals surface area contributed by atoms with Gasteiger partial charge in [-0.25, -0.2) is 8.78 Å². The van der Waals surface area contributed by atoms with Gasteiger partial charge in [-0.3, -0.25) is 4.90 Å². The Morgan fingerprint density at radius 2 is 2.12 bits per heavy atom. The van der Waals surface area contributed by atoms with Crippen molar-refractivity contribution in [2.45, 2.75) is 50.5 Å². The minimum atomic E-state index is -2.40. The second-order valence-electron chi connectivity index (χ2n) is 5.67. The summed E-state index contributed by atoms with van der Waals surface area (Å²) in [5.41, 5.74) is 0. The van der Waals surface area contributed by atoms with Gasteiger partial charge in [0.25, 0.3) is 0 Å². The third-order valence-electron chi connectivity index (χ3n) is 4.17. The zero-order chi connectivity index (χ0) is 12.3. The Labute approximate surface area is 103 Å². The highest BCUT2D eigenvalue weighted by Gasteiger charge is 2.37. The van der Waals surface area contributed by atoms with Crippen molar-refractivity contribution < 1.29 is 8.78 Å². The molecule has 1 saturated carbocycles. The molecular weight excluding hydrogens is 222 g/mol. The summed E-state index contributed by atoms with van der Waals surface area (Å²) in [5, 5.41) is 3.20. The zero-order valence-corrected chi connectivity index (χ0v) is 10.7. The van der Waals surface area contributed by atoms with Crippen molar-refractivity contribution in [1.29, 1.82) is 0 Å². The summed E-state index contributed by atoms with van der Waals surface area (Å²) >= 11 is 0. The van der Waals surface area contributed by atoms with Crippen LogP contribution in [0, 0.1) is 5.92 Å². The molecule has 1 aliphatic carbocycles. The van der Waals surface area contributed by atoms with Crippen LogP contribution in [-0.2, 0) is 0 Å². The average molecular weight is 246 g/mol. The molecule has 1 saturated heterocycles. The number of alkyl halides is 2. The van der Waals surface area contributed by atoms with Gasteiger partial charge in [0, 0.05) is 32.0 Å². The maximum absolute atomic E-state index is 13.3. The topological polar surface area (TPSA) is 15.3 Å². The summed E-state index contributed by atoms with van der Waals surface area (Å²) < 4.78 is 26.7. The van der Waals surface area contributed by atoms with E-state index in [-0.39, 0.29) is 18.8 Å². The van der Waals surface area contributed by atoms with Crippen molar-refractivity contribution in [3.63, 3.8) is 0 Å². The monoisotopic (exact) mass is 246 g/mol. The highest BCUT2D eigenvalue weighted by molar-refractivity contribution is 4.85. The predicted molar refractivity (Wildman–Crippen MR) is 65.4 cm³/mol. The van der Waals surface area contributed by atoms with E-state index >= 15 is 0 Å². The van der Waals surface area contributed by atoms with E-state index in [2.05, 4.69) is 10.2 Å². The van der Waals surface area contributed by atoms with Gasteiger partial charge in [0.05, 0.1) is 0 Å². The van der Waals surface area contributed by atoms with Crippen LogP contribution in [0.5, 0.6) is 0 Å². The zero-order valence-electron chi connectivity index (χ0n) is 10.7. The second kappa shape index (κ2) is 5.61. The van der Waals surface area contributed by atoms with Crippen LogP contribution in [-0.4, -0.2) is 43.5 Å². The van der Waals surface area contributed by atoms with Gasteiger partial charge in [-0.15, -0.1) is 0 Å². The van der Waals surface area contributed by atoms with Crippen LogP contribution in [0.4, 0.5) is 8.78 Å². The fourth-order valence-electron chi connectivity index (χ4n) is 3.37. The van der Waals surface area contributed by atoms with E-state index in [1.165, 1.54) is 12.8 Å². The Balaban J connectivity index is 1.83. The number of nitrogens with one attached hydrogen (secondary N) is 1. The molecule has 1 heterocycles. The Morgan fingerprint density at radius 1 is 1.29 bits per heavy atom. The molecule has 0 bridgehead atoms. The second-order valence-corrected chi connectivity index (χ2v) is 5.67. The SMILES string of the molecule is CNCC1CCCN1CC1CCCC(F)(F)C1. The highest BCUT2D eigenvalue weighted by atomic mass is 19.3. The van der Waals surface area contributed by atoms with Crippen LogP contribution < -0.4 is 5.32 Å². The quantitative estimate of drug-likeness (QED) is 0.820. The van der Waals surface area contributed by atoms with Crippen LogP contribution in [0.15, 0.2) is 0 Å². The van der Waals surface area contributed by atoms with Gasteiger partial charge in [-0.05, 0) is 45.2 Å². The first-order chi connectivity index (χ1) is 8.11. The molecule has 2 unspecified atom stereocenters. The molecule has 2 atom stereocenters. The molecule has 1 N–H and O–H groups in total. The van der Waals surface area contributed by atoms with E-state index in [4.69, 9.17) is 0 Å². The summed E-state index contributed by atoms with van der Waals surface area (Å²) in [6.45, 7) is 2.96. The van der Waals surface area contributed by atoms with E-state index in [0.717, 1.165) is 26.1 Å². The van der Waals surface area contributed by atoms with Gasteiger partial charge >= 0.3 is 0 Å². The van der Waals surface area contributed by atoms with Crippen molar-refractivity contribution in [2.75, 3.05) is 26.7 Å². The number of halogens is 2. The minimum absolute atomic E-state index is 0.101. The van der Waals surface area contributed by atoms with Gasteiger partial charge in [0.2, 0.25) is 5.92 Å². The Kier molecular flexibility index (Phi) is 4.36. The van der Waals surface area contributed by atoms with Gasteiger partial charge in [-0.2, -0.15) is 0 Å². The molecule has 17 heavy (non-hydrogen) atoms. The molecule has 1 aliphatic heterocycles. The molecule has 0 spiro atoms. The summed E-state index contributed by atoms with van der Waals surface area (Å²) in [5.74, 6) is -2.20. The Morgan fingerprint density at radius 3 is 2.82 bits per heavy atom. The number of rotatable bonds is 4.